The lowest BCUT2D eigenvalue weighted by Crippen LogP contribution is -2.42. The Morgan fingerprint density at radius 3 is 2.32 bits per heavy atom. The van der Waals surface area contributed by atoms with E-state index in [0.29, 0.717) is 11.3 Å². The van der Waals surface area contributed by atoms with E-state index >= 15 is 0 Å². The minimum absolute atomic E-state index is 0.265. The Morgan fingerprint density at radius 2 is 1.84 bits per heavy atom. The van der Waals surface area contributed by atoms with Crippen LogP contribution in [0, 0.1) is 22.7 Å². The minimum Gasteiger partial charge on any atom is -0.481 e. The Labute approximate surface area is 112 Å². The lowest BCUT2D eigenvalue weighted by atomic mass is 10.2. The largest absolute Gasteiger partial charge is 0.481 e. The number of likely N-dealkylation sites (N-methyl/N-ethyl adjacent to an activating group) is 1. The Kier molecular flexibility index (Phi) is 4.91. The van der Waals surface area contributed by atoms with Crippen molar-refractivity contribution in [3.05, 3.63) is 29.8 Å². The van der Waals surface area contributed by atoms with Crippen LogP contribution in [0.25, 0.3) is 0 Å². The van der Waals surface area contributed by atoms with Crippen LogP contribution in [0.5, 0.6) is 5.75 Å². The van der Waals surface area contributed by atoms with Gasteiger partial charge in [-0.25, -0.2) is 0 Å². The van der Waals surface area contributed by atoms with Crippen LogP contribution in [0.2, 0.25) is 0 Å². The molecule has 0 spiro atoms. The first-order chi connectivity index (χ1) is 8.99. The fraction of sp³-hybridized carbons (Fsp3) is 0.357. The average Bonchev–Trinajstić information content (AvgIpc) is 2.45. The second-order valence-corrected chi connectivity index (χ2v) is 4.15. The normalized spacial score (nSPS) is 12.7. The van der Waals surface area contributed by atoms with E-state index in [1.54, 1.807) is 45.2 Å². The van der Waals surface area contributed by atoms with Gasteiger partial charge in [0.2, 0.25) is 0 Å². The average molecular weight is 257 g/mol. The zero-order valence-electron chi connectivity index (χ0n) is 11.1. The fourth-order valence-corrected chi connectivity index (χ4v) is 1.43. The molecule has 1 amide bonds. The molecule has 0 aliphatic heterocycles. The van der Waals surface area contributed by atoms with Gasteiger partial charge in [-0.15, -0.1) is 0 Å². The van der Waals surface area contributed by atoms with Gasteiger partial charge < -0.3 is 9.64 Å². The van der Waals surface area contributed by atoms with Crippen LogP contribution in [0.15, 0.2) is 24.3 Å². The summed E-state index contributed by atoms with van der Waals surface area (Å²) >= 11 is 0. The van der Waals surface area contributed by atoms with Crippen molar-refractivity contribution in [3.8, 4) is 17.9 Å². The molecule has 0 aromatic heterocycles. The molecule has 0 aliphatic carbocycles. The quantitative estimate of drug-likeness (QED) is 0.822. The number of carbonyl (C=O) groups is 1. The molecule has 0 bridgehead atoms. The Bertz CT molecular complexity index is 525. The maximum atomic E-state index is 12.0. The highest BCUT2D eigenvalue weighted by molar-refractivity contribution is 5.81. The zero-order chi connectivity index (χ0) is 14.4. The first-order valence-corrected chi connectivity index (χ1v) is 5.82. The van der Waals surface area contributed by atoms with Crippen molar-refractivity contribution in [2.45, 2.75) is 26.0 Å². The molecule has 0 aliphatic rings. The molecule has 0 saturated heterocycles. The van der Waals surface area contributed by atoms with Gasteiger partial charge in [-0.05, 0) is 38.1 Å². The second-order valence-electron chi connectivity index (χ2n) is 4.15. The molecular weight excluding hydrogens is 242 g/mol. The summed E-state index contributed by atoms with van der Waals surface area (Å²) in [6.45, 7) is 3.27. The molecular formula is C14H15N3O2. The topological polar surface area (TPSA) is 77.1 Å². The number of rotatable bonds is 4. The molecule has 0 radical (unpaired) electrons. The highest BCUT2D eigenvalue weighted by Gasteiger charge is 2.22. The maximum absolute atomic E-state index is 12.0. The number of hydrogen-bond donors (Lipinski definition) is 0. The predicted octanol–water partition coefficient (Wildman–Crippen LogP) is 1.70. The summed E-state index contributed by atoms with van der Waals surface area (Å²) in [5, 5.41) is 17.4. The third-order valence-electron chi connectivity index (χ3n) is 2.76. The van der Waals surface area contributed by atoms with Crippen LogP contribution < -0.4 is 4.74 Å². The van der Waals surface area contributed by atoms with Crippen LogP contribution >= 0.6 is 0 Å². The number of carbonyl (C=O) groups excluding carboxylic acids is 1. The van der Waals surface area contributed by atoms with Crippen molar-refractivity contribution in [2.75, 3.05) is 7.05 Å². The molecule has 1 aromatic carbocycles. The number of benzene rings is 1. The molecule has 1 aromatic rings. The molecule has 0 saturated carbocycles. The van der Waals surface area contributed by atoms with Gasteiger partial charge in [-0.1, -0.05) is 0 Å². The van der Waals surface area contributed by atoms with Crippen molar-refractivity contribution in [2.24, 2.45) is 0 Å². The standard InChI is InChI=1S/C14H15N3O2/c1-10(8-15)17(3)14(18)11(2)19-13-6-4-12(9-16)5-7-13/h4-7,10-11H,1-3H3/t10-,11-/m0/s1. The number of nitrogens with zero attached hydrogens (tertiary/aromatic N) is 3. The van der Waals surface area contributed by atoms with Crippen molar-refractivity contribution >= 4 is 5.91 Å². The third kappa shape index (κ3) is 3.72. The van der Waals surface area contributed by atoms with Gasteiger partial charge in [0.25, 0.3) is 5.91 Å². The van der Waals surface area contributed by atoms with E-state index < -0.39 is 12.1 Å². The van der Waals surface area contributed by atoms with E-state index in [0.717, 1.165) is 0 Å². The molecule has 98 valence electrons. The summed E-state index contributed by atoms with van der Waals surface area (Å²) in [4.78, 5) is 13.3. The van der Waals surface area contributed by atoms with Crippen molar-refractivity contribution in [1.29, 1.82) is 10.5 Å². The predicted molar refractivity (Wildman–Crippen MR) is 69.1 cm³/mol. The van der Waals surface area contributed by atoms with Crippen molar-refractivity contribution in [3.63, 3.8) is 0 Å². The van der Waals surface area contributed by atoms with Gasteiger partial charge in [0, 0.05) is 7.05 Å². The minimum atomic E-state index is -0.686. The summed E-state index contributed by atoms with van der Waals surface area (Å²) in [6, 6.07) is 10.0. The maximum Gasteiger partial charge on any atom is 0.264 e. The van der Waals surface area contributed by atoms with E-state index in [9.17, 15) is 4.79 Å². The fourth-order valence-electron chi connectivity index (χ4n) is 1.43. The lowest BCUT2D eigenvalue weighted by molar-refractivity contribution is -0.137. The first kappa shape index (κ1) is 14.5. The summed E-state index contributed by atoms with van der Waals surface area (Å²) in [5.41, 5.74) is 0.529. The second kappa shape index (κ2) is 6.42. The van der Waals surface area contributed by atoms with E-state index in [4.69, 9.17) is 15.3 Å². The van der Waals surface area contributed by atoms with Gasteiger partial charge >= 0.3 is 0 Å². The molecule has 5 nitrogen and oxygen atoms in total. The van der Waals surface area contributed by atoms with Crippen LogP contribution in [-0.2, 0) is 4.79 Å². The summed E-state index contributed by atoms with van der Waals surface area (Å²) < 4.78 is 5.48. The molecule has 0 N–H and O–H groups in total. The van der Waals surface area contributed by atoms with E-state index in [1.807, 2.05) is 12.1 Å². The van der Waals surface area contributed by atoms with E-state index in [-0.39, 0.29) is 5.91 Å². The SMILES string of the molecule is C[C@H](Oc1ccc(C#N)cc1)C(=O)N(C)[C@@H](C)C#N. The first-order valence-electron chi connectivity index (χ1n) is 5.82. The van der Waals surface area contributed by atoms with Crippen LogP contribution in [-0.4, -0.2) is 30.0 Å². The zero-order valence-corrected chi connectivity index (χ0v) is 11.1. The van der Waals surface area contributed by atoms with Crippen LogP contribution in [0.3, 0.4) is 0 Å². The number of ether oxygens (including phenoxy) is 1. The number of hydrogen-bond acceptors (Lipinski definition) is 4. The summed E-state index contributed by atoms with van der Waals surface area (Å²) in [7, 11) is 1.56. The highest BCUT2D eigenvalue weighted by Crippen LogP contribution is 2.14. The molecule has 2 atom stereocenters. The molecule has 1 rings (SSSR count). The molecule has 0 unspecified atom stereocenters. The third-order valence-corrected chi connectivity index (χ3v) is 2.76. The highest BCUT2D eigenvalue weighted by atomic mass is 16.5. The van der Waals surface area contributed by atoms with Crippen molar-refractivity contribution in [1.82, 2.24) is 4.90 Å². The lowest BCUT2D eigenvalue weighted by Gasteiger charge is -2.23. The van der Waals surface area contributed by atoms with E-state index in [2.05, 4.69) is 0 Å². The van der Waals surface area contributed by atoms with Gasteiger partial charge in [0.05, 0.1) is 17.7 Å². The molecule has 5 heteroatoms. The van der Waals surface area contributed by atoms with Crippen LogP contribution in [0.1, 0.15) is 19.4 Å². The monoisotopic (exact) mass is 257 g/mol. The Balaban J connectivity index is 2.69. The van der Waals surface area contributed by atoms with Crippen molar-refractivity contribution < 1.29 is 9.53 Å². The summed E-state index contributed by atoms with van der Waals surface area (Å²) in [6.07, 6.45) is -0.686. The van der Waals surface area contributed by atoms with Gasteiger partial charge in [-0.2, -0.15) is 10.5 Å². The Hall–Kier alpha value is -2.53. The number of amides is 1. The Morgan fingerprint density at radius 1 is 1.26 bits per heavy atom. The molecule has 0 heterocycles. The van der Waals surface area contributed by atoms with Gasteiger partial charge in [-0.3, -0.25) is 4.79 Å². The summed E-state index contributed by atoms with van der Waals surface area (Å²) in [5.74, 6) is 0.247. The smallest absolute Gasteiger partial charge is 0.264 e. The van der Waals surface area contributed by atoms with Gasteiger partial charge in [0.1, 0.15) is 11.8 Å². The molecule has 19 heavy (non-hydrogen) atoms. The van der Waals surface area contributed by atoms with Crippen LogP contribution in [0.4, 0.5) is 0 Å². The molecule has 0 fully saturated rings. The number of nitriles is 2. The van der Waals surface area contributed by atoms with E-state index in [1.165, 1.54) is 4.90 Å². The van der Waals surface area contributed by atoms with Gasteiger partial charge in [0.15, 0.2) is 6.10 Å².